The zero-order chi connectivity index (χ0) is 11.4. The van der Waals surface area contributed by atoms with Gasteiger partial charge >= 0.3 is 5.97 Å². The second-order valence-corrected chi connectivity index (χ2v) is 2.84. The largest absolute Gasteiger partial charge is 0.462 e. The van der Waals surface area contributed by atoms with E-state index in [9.17, 15) is 4.79 Å². The molecule has 0 aromatic heterocycles. The smallest absolute Gasteiger partial charge is 0.320 e. The van der Waals surface area contributed by atoms with Crippen LogP contribution in [0, 0.1) is 0 Å². The van der Waals surface area contributed by atoms with Gasteiger partial charge in [0, 0.05) is 7.11 Å². The third kappa shape index (κ3) is 11.6. The number of hydrogen-bond acceptors (Lipinski definition) is 5. The number of hydrogen-bond donors (Lipinski definition) is 0. The van der Waals surface area contributed by atoms with Gasteiger partial charge in [-0.05, 0) is 0 Å². The van der Waals surface area contributed by atoms with Gasteiger partial charge in [0.1, 0.15) is 12.5 Å². The minimum absolute atomic E-state index is 0.125. The lowest BCUT2D eigenvalue weighted by Gasteiger charge is -2.05. The summed E-state index contributed by atoms with van der Waals surface area (Å²) in [4.78, 5) is 10.6. The number of carbonyl (C=O) groups excluding carboxylic acids is 1. The van der Waals surface area contributed by atoms with Crippen LogP contribution in [0.25, 0.3) is 0 Å². The van der Waals surface area contributed by atoms with E-state index in [1.165, 1.54) is 0 Å². The lowest BCUT2D eigenvalue weighted by Crippen LogP contribution is -2.14. The van der Waals surface area contributed by atoms with Crippen LogP contribution in [0.4, 0.5) is 0 Å². The molecular weight excluding hydrogens is 224 g/mol. The van der Waals surface area contributed by atoms with Crippen molar-refractivity contribution in [1.82, 2.24) is 0 Å². The monoisotopic (exact) mass is 240 g/mol. The highest BCUT2D eigenvalue weighted by Crippen LogP contribution is 1.84. The molecule has 0 bridgehead atoms. The molecule has 0 saturated carbocycles. The van der Waals surface area contributed by atoms with Crippen LogP contribution in [0.15, 0.2) is 0 Å². The van der Waals surface area contributed by atoms with E-state index in [0.29, 0.717) is 33.0 Å². The Bertz CT molecular complexity index is 153. The number of halogens is 1. The van der Waals surface area contributed by atoms with Crippen LogP contribution in [0.1, 0.15) is 0 Å². The Labute approximate surface area is 94.6 Å². The second kappa shape index (κ2) is 11.7. The Morgan fingerprint density at radius 1 is 1.00 bits per heavy atom. The lowest BCUT2D eigenvalue weighted by atomic mass is 10.7. The standard InChI is InChI=1S/C9H17ClO5/c1-12-2-3-13-4-5-14-6-7-15-9(11)8-10/h2-8H2,1H3. The van der Waals surface area contributed by atoms with Crippen molar-refractivity contribution in [1.29, 1.82) is 0 Å². The summed E-state index contributed by atoms with van der Waals surface area (Å²) >= 11 is 5.22. The van der Waals surface area contributed by atoms with Crippen molar-refractivity contribution in [3.63, 3.8) is 0 Å². The Hall–Kier alpha value is -0.360. The minimum atomic E-state index is -0.434. The Balaban J connectivity index is 2.95. The highest BCUT2D eigenvalue weighted by Gasteiger charge is 1.98. The van der Waals surface area contributed by atoms with Crippen LogP contribution in [-0.2, 0) is 23.7 Å². The van der Waals surface area contributed by atoms with Gasteiger partial charge in [0.15, 0.2) is 0 Å². The van der Waals surface area contributed by atoms with Crippen molar-refractivity contribution in [3.8, 4) is 0 Å². The predicted molar refractivity (Wildman–Crippen MR) is 55.2 cm³/mol. The maximum Gasteiger partial charge on any atom is 0.320 e. The summed E-state index contributed by atoms with van der Waals surface area (Å²) < 4.78 is 19.7. The number of carbonyl (C=O) groups is 1. The fourth-order valence-corrected chi connectivity index (χ4v) is 0.794. The highest BCUT2D eigenvalue weighted by molar-refractivity contribution is 6.26. The van der Waals surface area contributed by atoms with Gasteiger partial charge in [0.25, 0.3) is 0 Å². The molecule has 90 valence electrons. The zero-order valence-corrected chi connectivity index (χ0v) is 9.62. The molecule has 5 nitrogen and oxygen atoms in total. The van der Waals surface area contributed by atoms with Crippen molar-refractivity contribution in [2.75, 3.05) is 52.6 Å². The molecule has 0 rings (SSSR count). The zero-order valence-electron chi connectivity index (χ0n) is 8.87. The highest BCUT2D eigenvalue weighted by atomic mass is 35.5. The third-order valence-corrected chi connectivity index (χ3v) is 1.62. The first kappa shape index (κ1) is 14.6. The van der Waals surface area contributed by atoms with Gasteiger partial charge in [-0.2, -0.15) is 0 Å². The predicted octanol–water partition coefficient (Wildman–Crippen LogP) is 0.448. The molecule has 0 saturated heterocycles. The molecule has 0 aliphatic rings. The summed E-state index contributed by atoms with van der Waals surface area (Å²) in [6.45, 7) is 2.70. The van der Waals surface area contributed by atoms with Crippen LogP contribution in [0.5, 0.6) is 0 Å². The van der Waals surface area contributed by atoms with Gasteiger partial charge in [-0.1, -0.05) is 0 Å². The Kier molecular flexibility index (Phi) is 11.4. The first-order valence-corrected chi connectivity index (χ1v) is 5.20. The molecule has 0 radical (unpaired) electrons. The van der Waals surface area contributed by atoms with E-state index in [2.05, 4.69) is 4.74 Å². The molecule has 0 aliphatic carbocycles. The summed E-state index contributed by atoms with van der Waals surface area (Å²) in [5.41, 5.74) is 0. The average Bonchev–Trinajstić information content (AvgIpc) is 2.26. The molecule has 0 aliphatic heterocycles. The lowest BCUT2D eigenvalue weighted by molar-refractivity contribution is -0.142. The van der Waals surface area contributed by atoms with E-state index in [1.807, 2.05) is 0 Å². The fourth-order valence-electron chi connectivity index (χ4n) is 0.717. The Morgan fingerprint density at radius 3 is 2.07 bits per heavy atom. The molecule has 0 amide bonds. The number of ether oxygens (including phenoxy) is 4. The molecule has 0 fully saturated rings. The van der Waals surface area contributed by atoms with Gasteiger partial charge in [0.05, 0.1) is 33.0 Å². The first-order valence-electron chi connectivity index (χ1n) is 4.67. The van der Waals surface area contributed by atoms with E-state index < -0.39 is 5.97 Å². The normalized spacial score (nSPS) is 10.3. The molecule has 0 N–H and O–H groups in total. The topological polar surface area (TPSA) is 54.0 Å². The van der Waals surface area contributed by atoms with Gasteiger partial charge in [-0.3, -0.25) is 4.79 Å². The maximum absolute atomic E-state index is 10.6. The van der Waals surface area contributed by atoms with Gasteiger partial charge in [0.2, 0.25) is 0 Å². The first-order chi connectivity index (χ1) is 7.31. The summed E-state index contributed by atoms with van der Waals surface area (Å²) in [6.07, 6.45) is 0. The van der Waals surface area contributed by atoms with Crippen molar-refractivity contribution in [2.24, 2.45) is 0 Å². The minimum Gasteiger partial charge on any atom is -0.462 e. The van der Waals surface area contributed by atoms with Crippen LogP contribution in [0.2, 0.25) is 0 Å². The molecular formula is C9H17ClO5. The van der Waals surface area contributed by atoms with Crippen molar-refractivity contribution < 1.29 is 23.7 Å². The van der Waals surface area contributed by atoms with E-state index in [0.717, 1.165) is 0 Å². The number of esters is 1. The van der Waals surface area contributed by atoms with E-state index in [4.69, 9.17) is 25.8 Å². The summed E-state index contributed by atoms with van der Waals surface area (Å²) in [5, 5.41) is 0. The molecule has 6 heteroatoms. The molecule has 0 atom stereocenters. The van der Waals surface area contributed by atoms with Crippen LogP contribution in [0.3, 0.4) is 0 Å². The second-order valence-electron chi connectivity index (χ2n) is 2.57. The number of rotatable bonds is 10. The summed E-state index contributed by atoms with van der Waals surface area (Å²) in [7, 11) is 1.62. The van der Waals surface area contributed by atoms with E-state index in [-0.39, 0.29) is 12.5 Å². The SMILES string of the molecule is COCCOCCOCCOC(=O)CCl. The molecule has 15 heavy (non-hydrogen) atoms. The molecule has 0 aromatic rings. The van der Waals surface area contributed by atoms with Crippen LogP contribution < -0.4 is 0 Å². The van der Waals surface area contributed by atoms with Crippen LogP contribution >= 0.6 is 11.6 Å². The molecule has 0 spiro atoms. The third-order valence-electron chi connectivity index (χ3n) is 1.40. The van der Waals surface area contributed by atoms with Gasteiger partial charge in [-0.25, -0.2) is 0 Å². The quantitative estimate of drug-likeness (QED) is 0.315. The summed E-state index contributed by atoms with van der Waals surface area (Å²) in [5.74, 6) is -0.559. The van der Waals surface area contributed by atoms with Crippen molar-refractivity contribution in [3.05, 3.63) is 0 Å². The van der Waals surface area contributed by atoms with Crippen molar-refractivity contribution >= 4 is 17.6 Å². The fraction of sp³-hybridized carbons (Fsp3) is 0.889. The average molecular weight is 241 g/mol. The van der Waals surface area contributed by atoms with Gasteiger partial charge in [-0.15, -0.1) is 11.6 Å². The van der Waals surface area contributed by atoms with E-state index >= 15 is 0 Å². The van der Waals surface area contributed by atoms with Gasteiger partial charge < -0.3 is 18.9 Å². The summed E-state index contributed by atoms with van der Waals surface area (Å²) in [6, 6.07) is 0. The molecule has 0 heterocycles. The maximum atomic E-state index is 10.6. The Morgan fingerprint density at radius 2 is 1.53 bits per heavy atom. The number of methoxy groups -OCH3 is 1. The molecule has 0 aromatic carbocycles. The van der Waals surface area contributed by atoms with Crippen LogP contribution in [-0.4, -0.2) is 58.6 Å². The van der Waals surface area contributed by atoms with Crippen molar-refractivity contribution in [2.45, 2.75) is 0 Å². The number of alkyl halides is 1. The molecule has 0 unspecified atom stereocenters. The van der Waals surface area contributed by atoms with E-state index in [1.54, 1.807) is 7.11 Å².